The number of hydrogen-bond acceptors (Lipinski definition) is 7. The predicted molar refractivity (Wildman–Crippen MR) is 152 cm³/mol. The molecule has 3 aromatic carbocycles. The second-order valence-electron chi connectivity index (χ2n) is 10.1. The summed E-state index contributed by atoms with van der Waals surface area (Å²) >= 11 is 1.36. The number of Topliss-reactive ketones (excluding diaryl/α,β-unsaturated/α-hetero) is 1. The number of ketones is 1. The molecule has 8 heteroatoms. The van der Waals surface area contributed by atoms with Crippen molar-refractivity contribution in [1.29, 1.82) is 0 Å². The summed E-state index contributed by atoms with van der Waals surface area (Å²) in [4.78, 5) is 33.4. The molecule has 2 aliphatic rings. The highest BCUT2D eigenvalue weighted by atomic mass is 32.1. The van der Waals surface area contributed by atoms with E-state index in [2.05, 4.69) is 0 Å². The highest BCUT2D eigenvalue weighted by Crippen LogP contribution is 2.45. The highest BCUT2D eigenvalue weighted by Gasteiger charge is 2.48. The van der Waals surface area contributed by atoms with Crippen LogP contribution in [0.2, 0.25) is 0 Å². The maximum absolute atomic E-state index is 13.6. The Balaban J connectivity index is 1.53. The van der Waals surface area contributed by atoms with Gasteiger partial charge in [0.15, 0.2) is 5.13 Å². The van der Waals surface area contributed by atoms with Crippen LogP contribution < -0.4 is 14.4 Å². The maximum Gasteiger partial charge on any atom is 0.301 e. The normalized spacial score (nSPS) is 19.9. The Kier molecular flexibility index (Phi) is 6.14. The Morgan fingerprint density at radius 2 is 1.90 bits per heavy atom. The van der Waals surface area contributed by atoms with Crippen LogP contribution in [0.3, 0.4) is 0 Å². The monoisotopic (exact) mass is 540 g/mol. The number of carbonyl (C=O) groups is 2. The number of thiazole rings is 1. The minimum absolute atomic E-state index is 0.0308. The first-order valence-corrected chi connectivity index (χ1v) is 13.8. The van der Waals surface area contributed by atoms with Crippen molar-refractivity contribution < 1.29 is 24.2 Å². The lowest BCUT2D eigenvalue weighted by Gasteiger charge is -2.23. The summed E-state index contributed by atoms with van der Waals surface area (Å²) in [7, 11) is 0. The second kappa shape index (κ2) is 9.54. The Bertz CT molecular complexity index is 1670. The van der Waals surface area contributed by atoms with E-state index in [-0.39, 0.29) is 17.4 Å². The molecule has 198 valence electrons. The third kappa shape index (κ3) is 4.25. The number of fused-ring (bicyclic) bond motifs is 2. The summed E-state index contributed by atoms with van der Waals surface area (Å²) in [6, 6.07) is 15.8. The lowest BCUT2D eigenvalue weighted by Crippen LogP contribution is -2.29. The molecule has 3 heterocycles. The summed E-state index contributed by atoms with van der Waals surface area (Å²) in [6.45, 7) is 8.40. The van der Waals surface area contributed by atoms with Crippen LogP contribution in [-0.2, 0) is 16.0 Å². The Morgan fingerprint density at radius 1 is 1.13 bits per heavy atom. The zero-order valence-electron chi connectivity index (χ0n) is 22.1. The topological polar surface area (TPSA) is 89.0 Å². The van der Waals surface area contributed by atoms with Crippen LogP contribution >= 0.6 is 11.3 Å². The fourth-order valence-electron chi connectivity index (χ4n) is 5.45. The minimum atomic E-state index is -0.855. The van der Waals surface area contributed by atoms with Crippen LogP contribution in [0.15, 0.2) is 60.2 Å². The van der Waals surface area contributed by atoms with Crippen LogP contribution in [0.4, 0.5) is 5.13 Å². The maximum atomic E-state index is 13.6. The fourth-order valence-corrected chi connectivity index (χ4v) is 6.61. The molecule has 2 atom stereocenters. The SMILES string of the molecule is CCOc1ccc(C2C(=C(O)c3ccc4c(c3)CC(C)O4)C(=O)C(=O)N2c2nc3c(C)cc(C)cc3s2)cc1. The van der Waals surface area contributed by atoms with Crippen molar-refractivity contribution in [2.75, 3.05) is 11.5 Å². The third-order valence-electron chi connectivity index (χ3n) is 7.15. The molecule has 0 bridgehead atoms. The fraction of sp³-hybridized carbons (Fsp3) is 0.258. The number of rotatable bonds is 5. The Hall–Kier alpha value is -4.17. The van der Waals surface area contributed by atoms with Gasteiger partial charge in [-0.15, -0.1) is 0 Å². The number of carbonyl (C=O) groups excluding carboxylic acids is 2. The number of anilines is 1. The lowest BCUT2D eigenvalue weighted by atomic mass is 9.94. The van der Waals surface area contributed by atoms with Crippen LogP contribution in [0.5, 0.6) is 11.5 Å². The number of aliphatic hydroxyl groups excluding tert-OH is 1. The zero-order valence-corrected chi connectivity index (χ0v) is 23.0. The van der Waals surface area contributed by atoms with Crippen LogP contribution in [-0.4, -0.2) is 34.5 Å². The largest absolute Gasteiger partial charge is 0.507 e. The van der Waals surface area contributed by atoms with Gasteiger partial charge < -0.3 is 14.6 Å². The Labute approximate surface area is 230 Å². The van der Waals surface area contributed by atoms with Crippen LogP contribution in [0.1, 0.15) is 47.7 Å². The smallest absolute Gasteiger partial charge is 0.301 e. The molecule has 1 fully saturated rings. The number of aryl methyl sites for hydroxylation is 2. The molecule has 0 aliphatic carbocycles. The quantitative estimate of drug-likeness (QED) is 0.183. The molecule has 2 unspecified atom stereocenters. The van der Waals surface area contributed by atoms with E-state index in [0.717, 1.165) is 32.7 Å². The van der Waals surface area contributed by atoms with Gasteiger partial charge in [-0.1, -0.05) is 29.5 Å². The van der Waals surface area contributed by atoms with Crippen molar-refractivity contribution in [3.63, 3.8) is 0 Å². The van der Waals surface area contributed by atoms with Crippen LogP contribution in [0, 0.1) is 13.8 Å². The van der Waals surface area contributed by atoms with E-state index in [1.165, 1.54) is 16.2 Å². The molecule has 6 rings (SSSR count). The van der Waals surface area contributed by atoms with Crippen molar-refractivity contribution in [3.05, 3.63) is 88.0 Å². The third-order valence-corrected chi connectivity index (χ3v) is 8.15. The number of ether oxygens (including phenoxy) is 2. The summed E-state index contributed by atoms with van der Waals surface area (Å²) < 4.78 is 12.3. The average Bonchev–Trinajstić information content (AvgIpc) is 3.57. The van der Waals surface area contributed by atoms with Crippen molar-refractivity contribution in [1.82, 2.24) is 4.98 Å². The van der Waals surface area contributed by atoms with Gasteiger partial charge in [-0.2, -0.15) is 0 Å². The van der Waals surface area contributed by atoms with E-state index < -0.39 is 17.7 Å². The summed E-state index contributed by atoms with van der Waals surface area (Å²) in [5, 5.41) is 12.0. The first kappa shape index (κ1) is 25.1. The first-order chi connectivity index (χ1) is 18.7. The van der Waals surface area contributed by atoms with E-state index in [9.17, 15) is 14.7 Å². The lowest BCUT2D eigenvalue weighted by molar-refractivity contribution is -0.132. The van der Waals surface area contributed by atoms with Crippen molar-refractivity contribution in [2.24, 2.45) is 0 Å². The second-order valence-corrected chi connectivity index (χ2v) is 11.1. The predicted octanol–water partition coefficient (Wildman–Crippen LogP) is 6.26. The molecule has 1 aromatic heterocycles. The minimum Gasteiger partial charge on any atom is -0.507 e. The van der Waals surface area contributed by atoms with Gasteiger partial charge in [0.1, 0.15) is 23.4 Å². The molecular formula is C31H28N2O5S. The Morgan fingerprint density at radius 3 is 2.64 bits per heavy atom. The van der Waals surface area contributed by atoms with E-state index in [1.807, 2.05) is 58.0 Å². The average molecular weight is 541 g/mol. The molecule has 0 saturated carbocycles. The molecule has 1 N–H and O–H groups in total. The number of benzene rings is 3. The van der Waals surface area contributed by atoms with E-state index in [1.54, 1.807) is 24.3 Å². The van der Waals surface area contributed by atoms with Gasteiger partial charge in [0.05, 0.1) is 28.4 Å². The van der Waals surface area contributed by atoms with Gasteiger partial charge >= 0.3 is 5.91 Å². The number of nitrogens with zero attached hydrogens (tertiary/aromatic N) is 2. The molecule has 39 heavy (non-hydrogen) atoms. The molecule has 0 spiro atoms. The standard InChI is InChI=1S/C31H28N2O5S/c1-5-37-22-9-6-19(7-10-22)27-25(28(34)20-8-11-23-21(15-20)14-18(4)38-23)29(35)30(36)33(27)31-32-26-17(3)12-16(2)13-24(26)39-31/h6-13,15,18,27,34H,5,14H2,1-4H3. The molecule has 0 radical (unpaired) electrons. The van der Waals surface area contributed by atoms with Crippen molar-refractivity contribution in [2.45, 2.75) is 46.3 Å². The van der Waals surface area contributed by atoms with E-state index in [0.29, 0.717) is 35.0 Å². The van der Waals surface area contributed by atoms with Gasteiger partial charge in [0, 0.05) is 12.0 Å². The summed E-state index contributed by atoms with van der Waals surface area (Å²) in [5.41, 5.74) is 5.01. The van der Waals surface area contributed by atoms with Gasteiger partial charge in [-0.05, 0) is 86.3 Å². The van der Waals surface area contributed by atoms with E-state index in [4.69, 9.17) is 14.5 Å². The van der Waals surface area contributed by atoms with Crippen LogP contribution in [0.25, 0.3) is 16.0 Å². The number of hydrogen-bond donors (Lipinski definition) is 1. The first-order valence-electron chi connectivity index (χ1n) is 13.0. The highest BCUT2D eigenvalue weighted by molar-refractivity contribution is 7.22. The summed E-state index contributed by atoms with van der Waals surface area (Å²) in [5.74, 6) is -0.240. The van der Waals surface area contributed by atoms with Crippen molar-refractivity contribution >= 4 is 44.1 Å². The van der Waals surface area contributed by atoms with E-state index >= 15 is 0 Å². The molecular weight excluding hydrogens is 512 g/mol. The molecule has 1 saturated heterocycles. The number of amides is 1. The van der Waals surface area contributed by atoms with Gasteiger partial charge in [-0.25, -0.2) is 4.98 Å². The number of aromatic nitrogens is 1. The molecule has 7 nitrogen and oxygen atoms in total. The van der Waals surface area contributed by atoms with Gasteiger partial charge in [0.2, 0.25) is 0 Å². The van der Waals surface area contributed by atoms with Gasteiger partial charge in [-0.3, -0.25) is 14.5 Å². The van der Waals surface area contributed by atoms with Crippen molar-refractivity contribution in [3.8, 4) is 11.5 Å². The van der Waals surface area contributed by atoms with Gasteiger partial charge in [0.25, 0.3) is 5.78 Å². The number of aliphatic hydroxyl groups is 1. The molecule has 2 aliphatic heterocycles. The molecule has 1 amide bonds. The summed E-state index contributed by atoms with van der Waals surface area (Å²) in [6.07, 6.45) is 0.746. The zero-order chi connectivity index (χ0) is 27.4. The molecule has 4 aromatic rings.